The van der Waals surface area contributed by atoms with E-state index >= 15 is 0 Å². The largest absolute Gasteiger partial charge is 0.497 e. The number of fused-ring (bicyclic) bond motifs is 1. The van der Waals surface area contributed by atoms with Crippen LogP contribution in [0.3, 0.4) is 0 Å². The number of rotatable bonds is 4. The van der Waals surface area contributed by atoms with Crippen LogP contribution in [0.25, 0.3) is 11.4 Å². The van der Waals surface area contributed by atoms with Crippen LogP contribution in [-0.4, -0.2) is 27.8 Å². The van der Waals surface area contributed by atoms with Gasteiger partial charge in [0.25, 0.3) is 0 Å². The predicted octanol–water partition coefficient (Wildman–Crippen LogP) is 3.38. The van der Waals surface area contributed by atoms with Gasteiger partial charge in [-0.3, -0.25) is 4.79 Å². The first-order valence-electron chi connectivity index (χ1n) is 8.62. The fraction of sp³-hybridized carbons (Fsp3) is 0.150. The van der Waals surface area contributed by atoms with Crippen molar-refractivity contribution in [2.75, 3.05) is 12.4 Å². The number of nitrogens with zero attached hydrogens (tertiary/aromatic N) is 3. The van der Waals surface area contributed by atoms with Crippen molar-refractivity contribution in [3.63, 3.8) is 0 Å². The van der Waals surface area contributed by atoms with Crippen LogP contribution in [0.2, 0.25) is 5.02 Å². The number of amides is 1. The van der Waals surface area contributed by atoms with Crippen molar-refractivity contribution in [1.82, 2.24) is 14.8 Å². The van der Waals surface area contributed by atoms with E-state index in [1.165, 1.54) is 0 Å². The lowest BCUT2D eigenvalue weighted by atomic mass is 9.95. The average molecular weight is 396 g/mol. The van der Waals surface area contributed by atoms with Gasteiger partial charge in [-0.05, 0) is 36.8 Å². The summed E-state index contributed by atoms with van der Waals surface area (Å²) < 4.78 is 7.00. The summed E-state index contributed by atoms with van der Waals surface area (Å²) in [5, 5.41) is 8.36. The van der Waals surface area contributed by atoms with E-state index in [0.717, 1.165) is 11.1 Å². The highest BCUT2D eigenvalue weighted by molar-refractivity contribution is 6.30. The molecule has 1 aliphatic heterocycles. The monoisotopic (exact) mass is 395 g/mol. The molecule has 0 unspecified atom stereocenters. The molecule has 7 nitrogen and oxygen atoms in total. The first-order valence-corrected chi connectivity index (χ1v) is 8.99. The Morgan fingerprint density at radius 1 is 1.25 bits per heavy atom. The Morgan fingerprint density at radius 3 is 2.75 bits per heavy atom. The molecule has 1 amide bonds. The van der Waals surface area contributed by atoms with Crippen LogP contribution in [0, 0.1) is 0 Å². The van der Waals surface area contributed by atoms with Gasteiger partial charge in [-0.1, -0.05) is 35.9 Å². The molecular formula is C20H18ClN5O2. The number of allylic oxidation sites excluding steroid dienone is 1. The zero-order valence-electron chi connectivity index (χ0n) is 15.3. The van der Waals surface area contributed by atoms with Gasteiger partial charge in [-0.15, -0.1) is 5.10 Å². The van der Waals surface area contributed by atoms with E-state index in [4.69, 9.17) is 22.1 Å². The summed E-state index contributed by atoms with van der Waals surface area (Å²) >= 11 is 6.11. The molecule has 0 bridgehead atoms. The molecule has 3 N–H and O–H groups in total. The van der Waals surface area contributed by atoms with Crippen molar-refractivity contribution in [1.29, 1.82) is 0 Å². The average Bonchev–Trinajstić information content (AvgIpc) is 3.10. The number of aromatic nitrogens is 3. The lowest BCUT2D eigenvalue weighted by Crippen LogP contribution is -2.31. The molecule has 1 aromatic heterocycles. The van der Waals surface area contributed by atoms with Crippen molar-refractivity contribution >= 4 is 23.5 Å². The molecule has 8 heteroatoms. The van der Waals surface area contributed by atoms with Crippen molar-refractivity contribution in [3.8, 4) is 17.1 Å². The molecule has 0 fully saturated rings. The van der Waals surface area contributed by atoms with Crippen LogP contribution in [0.1, 0.15) is 18.5 Å². The van der Waals surface area contributed by atoms with Gasteiger partial charge in [-0.25, -0.2) is 4.68 Å². The standard InChI is InChI=1S/C20H18ClN5O2/c1-11-16(18(22)27)17(12-5-4-8-15(10-12)28-2)26-20(23-11)24-19(25-26)13-6-3-7-14(21)9-13/h3-10,17H,1-2H3,(H2,22,27)(H,23,24,25)/t17-/m1/s1. The molecule has 1 atom stereocenters. The Balaban J connectivity index is 1.89. The number of methoxy groups -OCH3 is 1. The Labute approximate surface area is 166 Å². The van der Waals surface area contributed by atoms with Gasteiger partial charge in [0.1, 0.15) is 11.8 Å². The molecule has 142 valence electrons. The highest BCUT2D eigenvalue weighted by Crippen LogP contribution is 2.37. The topological polar surface area (TPSA) is 95.1 Å². The van der Waals surface area contributed by atoms with Crippen LogP contribution in [0.15, 0.2) is 59.8 Å². The number of nitrogens with one attached hydrogen (secondary N) is 1. The SMILES string of the molecule is COc1cccc([C@@H]2C(C(N)=O)=C(C)Nc3nc(-c4cccc(Cl)c4)nn32)c1. The summed E-state index contributed by atoms with van der Waals surface area (Å²) in [5.74, 6) is 1.17. The van der Waals surface area contributed by atoms with Crippen molar-refractivity contribution in [3.05, 3.63) is 70.4 Å². The minimum atomic E-state index is -0.525. The molecule has 0 saturated carbocycles. The molecule has 1 aliphatic rings. The van der Waals surface area contributed by atoms with E-state index in [1.807, 2.05) is 36.4 Å². The Morgan fingerprint density at radius 2 is 2.04 bits per heavy atom. The minimum absolute atomic E-state index is 0.420. The third kappa shape index (κ3) is 3.10. The second-order valence-corrected chi connectivity index (χ2v) is 6.86. The van der Waals surface area contributed by atoms with E-state index in [9.17, 15) is 4.79 Å². The Bertz CT molecular complexity index is 1110. The number of hydrogen-bond acceptors (Lipinski definition) is 5. The molecule has 4 rings (SSSR count). The lowest BCUT2D eigenvalue weighted by Gasteiger charge is -2.27. The van der Waals surface area contributed by atoms with Gasteiger partial charge in [0.15, 0.2) is 5.82 Å². The summed E-state index contributed by atoms with van der Waals surface area (Å²) in [4.78, 5) is 16.8. The minimum Gasteiger partial charge on any atom is -0.497 e. The normalized spacial score (nSPS) is 15.8. The first kappa shape index (κ1) is 18.1. The van der Waals surface area contributed by atoms with E-state index in [1.54, 1.807) is 30.8 Å². The molecule has 0 spiro atoms. The first-order chi connectivity index (χ1) is 13.5. The van der Waals surface area contributed by atoms with E-state index in [-0.39, 0.29) is 0 Å². The van der Waals surface area contributed by atoms with Crippen LogP contribution in [0.4, 0.5) is 5.95 Å². The van der Waals surface area contributed by atoms with Crippen LogP contribution >= 0.6 is 11.6 Å². The molecular weight excluding hydrogens is 378 g/mol. The zero-order chi connectivity index (χ0) is 19.8. The lowest BCUT2D eigenvalue weighted by molar-refractivity contribution is -0.115. The number of ether oxygens (including phenoxy) is 1. The maximum atomic E-state index is 12.2. The number of primary amides is 1. The summed E-state index contributed by atoms with van der Waals surface area (Å²) in [6.45, 7) is 1.80. The molecule has 3 aromatic rings. The molecule has 0 saturated heterocycles. The fourth-order valence-electron chi connectivity index (χ4n) is 3.34. The molecule has 28 heavy (non-hydrogen) atoms. The number of benzene rings is 2. The number of halogens is 1. The van der Waals surface area contributed by atoms with E-state index < -0.39 is 11.9 Å². The summed E-state index contributed by atoms with van der Waals surface area (Å²) in [5.41, 5.74) is 8.35. The van der Waals surface area contributed by atoms with Crippen molar-refractivity contribution in [2.45, 2.75) is 13.0 Å². The Kier molecular flexibility index (Phi) is 4.52. The molecule has 2 aromatic carbocycles. The molecule has 0 aliphatic carbocycles. The van der Waals surface area contributed by atoms with Gasteiger partial charge in [0.2, 0.25) is 11.9 Å². The van der Waals surface area contributed by atoms with Gasteiger partial charge in [0.05, 0.1) is 12.7 Å². The zero-order valence-corrected chi connectivity index (χ0v) is 16.1. The van der Waals surface area contributed by atoms with Gasteiger partial charge < -0.3 is 15.8 Å². The van der Waals surface area contributed by atoms with Gasteiger partial charge in [-0.2, -0.15) is 4.98 Å². The third-order valence-electron chi connectivity index (χ3n) is 4.61. The quantitative estimate of drug-likeness (QED) is 0.706. The maximum Gasteiger partial charge on any atom is 0.248 e. The number of nitrogens with two attached hydrogens (primary N) is 1. The van der Waals surface area contributed by atoms with Gasteiger partial charge in [0, 0.05) is 16.3 Å². The van der Waals surface area contributed by atoms with Gasteiger partial charge >= 0.3 is 0 Å². The van der Waals surface area contributed by atoms with Crippen molar-refractivity contribution in [2.24, 2.45) is 5.73 Å². The highest BCUT2D eigenvalue weighted by Gasteiger charge is 2.33. The van der Waals surface area contributed by atoms with Crippen LogP contribution in [0.5, 0.6) is 5.75 Å². The second-order valence-electron chi connectivity index (χ2n) is 6.42. The van der Waals surface area contributed by atoms with Crippen LogP contribution in [-0.2, 0) is 4.79 Å². The number of anilines is 1. The third-order valence-corrected chi connectivity index (χ3v) is 4.85. The Hall–Kier alpha value is -3.32. The summed E-state index contributed by atoms with van der Waals surface area (Å²) in [6, 6.07) is 14.2. The molecule has 2 heterocycles. The number of carbonyl (C=O) groups excluding carboxylic acids is 1. The number of carbonyl (C=O) groups is 1. The highest BCUT2D eigenvalue weighted by atomic mass is 35.5. The molecule has 0 radical (unpaired) electrons. The fourth-order valence-corrected chi connectivity index (χ4v) is 3.53. The predicted molar refractivity (Wildman–Crippen MR) is 107 cm³/mol. The van der Waals surface area contributed by atoms with E-state index in [0.29, 0.717) is 33.8 Å². The smallest absolute Gasteiger partial charge is 0.248 e. The number of hydrogen-bond donors (Lipinski definition) is 2. The summed E-state index contributed by atoms with van der Waals surface area (Å²) in [7, 11) is 1.59. The maximum absolute atomic E-state index is 12.2. The van der Waals surface area contributed by atoms with E-state index in [2.05, 4.69) is 15.4 Å². The summed E-state index contributed by atoms with van der Waals surface area (Å²) in [6.07, 6.45) is 0. The van der Waals surface area contributed by atoms with Crippen molar-refractivity contribution < 1.29 is 9.53 Å². The van der Waals surface area contributed by atoms with Crippen LogP contribution < -0.4 is 15.8 Å². The second kappa shape index (κ2) is 7.01.